The van der Waals surface area contributed by atoms with Crippen LogP contribution >= 0.6 is 12.6 Å². The molecule has 0 aromatic rings. The fourth-order valence-corrected chi connectivity index (χ4v) is 2.22. The Bertz CT molecular complexity index is 103. The molecule has 1 saturated carbocycles. The zero-order valence-electron chi connectivity index (χ0n) is 7.64. The van der Waals surface area contributed by atoms with Crippen LogP contribution in [-0.2, 0) is 0 Å². The van der Waals surface area contributed by atoms with Gasteiger partial charge in [-0.2, -0.15) is 12.6 Å². The van der Waals surface area contributed by atoms with Crippen LogP contribution in [0.5, 0.6) is 0 Å². The molecule has 0 bridgehead atoms. The van der Waals surface area contributed by atoms with Gasteiger partial charge in [0.1, 0.15) is 0 Å². The van der Waals surface area contributed by atoms with Crippen molar-refractivity contribution in [3.8, 4) is 0 Å². The highest BCUT2D eigenvalue weighted by molar-refractivity contribution is 7.81. The van der Waals surface area contributed by atoms with Crippen molar-refractivity contribution in [3.63, 3.8) is 0 Å². The van der Waals surface area contributed by atoms with Crippen molar-refractivity contribution in [3.05, 3.63) is 5.92 Å². The Balaban J connectivity index is 2.32. The summed E-state index contributed by atoms with van der Waals surface area (Å²) in [4.78, 5) is 0. The first-order chi connectivity index (χ1) is 5.22. The number of rotatable bonds is 2. The standard InChI is InChI=1S/C10H19S/c1-8(2)10(11)9-6-4-3-5-7-9/h9-11H,3-7H2,1-2H3. The summed E-state index contributed by atoms with van der Waals surface area (Å²) in [5.74, 6) is 2.36. The first-order valence-corrected chi connectivity index (χ1v) is 5.21. The molecule has 1 aliphatic rings. The highest BCUT2D eigenvalue weighted by Crippen LogP contribution is 2.32. The Labute approximate surface area is 76.2 Å². The minimum Gasteiger partial charge on any atom is -0.175 e. The molecular weight excluding hydrogens is 152 g/mol. The maximum absolute atomic E-state index is 4.63. The molecule has 0 aromatic heterocycles. The van der Waals surface area contributed by atoms with Gasteiger partial charge in [0.05, 0.1) is 0 Å². The van der Waals surface area contributed by atoms with Crippen LogP contribution in [0.1, 0.15) is 46.0 Å². The van der Waals surface area contributed by atoms with Gasteiger partial charge in [0.2, 0.25) is 0 Å². The monoisotopic (exact) mass is 171 g/mol. The Morgan fingerprint density at radius 1 is 1.18 bits per heavy atom. The van der Waals surface area contributed by atoms with Gasteiger partial charge in [0.15, 0.2) is 0 Å². The van der Waals surface area contributed by atoms with E-state index in [1.165, 1.54) is 38.0 Å². The molecule has 1 radical (unpaired) electrons. The largest absolute Gasteiger partial charge is 0.175 e. The van der Waals surface area contributed by atoms with Gasteiger partial charge in [0, 0.05) is 5.25 Å². The Kier molecular flexibility index (Phi) is 3.77. The van der Waals surface area contributed by atoms with E-state index in [0.717, 1.165) is 5.92 Å². The van der Waals surface area contributed by atoms with E-state index < -0.39 is 0 Å². The molecule has 0 spiro atoms. The summed E-state index contributed by atoms with van der Waals surface area (Å²) in [5.41, 5.74) is 0. The smallest absolute Gasteiger partial charge is 0.0102 e. The topological polar surface area (TPSA) is 0 Å². The highest BCUT2D eigenvalue weighted by atomic mass is 32.1. The Morgan fingerprint density at radius 3 is 2.18 bits per heavy atom. The molecule has 65 valence electrons. The van der Waals surface area contributed by atoms with Crippen molar-refractivity contribution in [1.29, 1.82) is 0 Å². The normalized spacial score (nSPS) is 24.0. The second kappa shape index (κ2) is 4.39. The molecular formula is C10H19S. The molecule has 11 heavy (non-hydrogen) atoms. The molecule has 0 saturated heterocycles. The summed E-state index contributed by atoms with van der Waals surface area (Å²) in [6, 6.07) is 0. The van der Waals surface area contributed by atoms with Crippen LogP contribution in [0, 0.1) is 11.8 Å². The average Bonchev–Trinajstić information content (AvgIpc) is 2.05. The molecule has 0 N–H and O–H groups in total. The predicted octanol–water partition coefficient (Wildman–Crippen LogP) is 3.48. The number of hydrogen-bond donors (Lipinski definition) is 1. The van der Waals surface area contributed by atoms with Crippen molar-refractivity contribution in [2.24, 2.45) is 5.92 Å². The molecule has 1 rings (SSSR count). The number of thiol groups is 1. The fourth-order valence-electron chi connectivity index (χ4n) is 1.92. The highest BCUT2D eigenvalue weighted by Gasteiger charge is 2.22. The van der Waals surface area contributed by atoms with Gasteiger partial charge in [-0.15, -0.1) is 0 Å². The summed E-state index contributed by atoms with van der Waals surface area (Å²) in [7, 11) is 0. The van der Waals surface area contributed by atoms with Crippen molar-refractivity contribution in [2.75, 3.05) is 0 Å². The molecule has 0 aliphatic heterocycles. The Morgan fingerprint density at radius 2 is 1.73 bits per heavy atom. The van der Waals surface area contributed by atoms with E-state index in [4.69, 9.17) is 0 Å². The quantitative estimate of drug-likeness (QED) is 0.604. The lowest BCUT2D eigenvalue weighted by Crippen LogP contribution is -2.21. The van der Waals surface area contributed by atoms with Crippen LogP contribution in [0.25, 0.3) is 0 Å². The fraction of sp³-hybridized carbons (Fsp3) is 0.900. The van der Waals surface area contributed by atoms with E-state index in [0.29, 0.717) is 5.25 Å². The maximum atomic E-state index is 4.63. The molecule has 1 unspecified atom stereocenters. The maximum Gasteiger partial charge on any atom is 0.0102 e. The summed E-state index contributed by atoms with van der Waals surface area (Å²) in [6.07, 6.45) is 7.10. The first-order valence-electron chi connectivity index (χ1n) is 4.70. The molecule has 0 heterocycles. The van der Waals surface area contributed by atoms with E-state index >= 15 is 0 Å². The van der Waals surface area contributed by atoms with E-state index in [-0.39, 0.29) is 0 Å². The zero-order chi connectivity index (χ0) is 8.27. The van der Waals surface area contributed by atoms with E-state index in [2.05, 4.69) is 26.5 Å². The van der Waals surface area contributed by atoms with E-state index in [9.17, 15) is 0 Å². The van der Waals surface area contributed by atoms with Gasteiger partial charge in [-0.05, 0) is 24.7 Å². The van der Waals surface area contributed by atoms with Crippen LogP contribution in [0.3, 0.4) is 0 Å². The van der Waals surface area contributed by atoms with Crippen molar-refractivity contribution < 1.29 is 0 Å². The van der Waals surface area contributed by atoms with Crippen molar-refractivity contribution in [2.45, 2.75) is 51.2 Å². The van der Waals surface area contributed by atoms with Crippen LogP contribution in [0.4, 0.5) is 0 Å². The third-order valence-corrected chi connectivity index (χ3v) is 3.63. The SMILES string of the molecule is C[C](C)C(S)C1CCCCC1. The van der Waals surface area contributed by atoms with Gasteiger partial charge < -0.3 is 0 Å². The van der Waals surface area contributed by atoms with Gasteiger partial charge >= 0.3 is 0 Å². The van der Waals surface area contributed by atoms with Gasteiger partial charge in [-0.3, -0.25) is 0 Å². The van der Waals surface area contributed by atoms with Crippen LogP contribution in [-0.4, -0.2) is 5.25 Å². The summed E-state index contributed by atoms with van der Waals surface area (Å²) in [6.45, 7) is 4.40. The van der Waals surface area contributed by atoms with E-state index in [1.54, 1.807) is 0 Å². The van der Waals surface area contributed by atoms with Crippen molar-refractivity contribution in [1.82, 2.24) is 0 Å². The van der Waals surface area contributed by atoms with Crippen LogP contribution in [0.15, 0.2) is 0 Å². The summed E-state index contributed by atoms with van der Waals surface area (Å²) in [5, 5.41) is 0.565. The average molecular weight is 171 g/mol. The molecule has 1 fully saturated rings. The van der Waals surface area contributed by atoms with Crippen LogP contribution < -0.4 is 0 Å². The minimum atomic E-state index is 0.565. The summed E-state index contributed by atoms with van der Waals surface area (Å²) < 4.78 is 0. The number of hydrogen-bond acceptors (Lipinski definition) is 1. The lowest BCUT2D eigenvalue weighted by Gasteiger charge is -2.29. The molecule has 1 heteroatoms. The summed E-state index contributed by atoms with van der Waals surface area (Å²) >= 11 is 4.63. The van der Waals surface area contributed by atoms with Crippen molar-refractivity contribution >= 4 is 12.6 Å². The second-order valence-electron chi connectivity index (χ2n) is 3.92. The van der Waals surface area contributed by atoms with Crippen LogP contribution in [0.2, 0.25) is 0 Å². The van der Waals surface area contributed by atoms with Gasteiger partial charge in [-0.25, -0.2) is 0 Å². The second-order valence-corrected chi connectivity index (χ2v) is 4.48. The molecule has 1 aliphatic carbocycles. The zero-order valence-corrected chi connectivity index (χ0v) is 8.53. The predicted molar refractivity (Wildman–Crippen MR) is 53.9 cm³/mol. The molecule has 1 atom stereocenters. The third-order valence-electron chi connectivity index (χ3n) is 2.69. The first kappa shape index (κ1) is 9.44. The lowest BCUT2D eigenvalue weighted by atomic mass is 9.83. The molecule has 0 aromatic carbocycles. The molecule has 0 nitrogen and oxygen atoms in total. The van der Waals surface area contributed by atoms with E-state index in [1.807, 2.05) is 0 Å². The molecule has 0 amide bonds. The third kappa shape index (κ3) is 2.70. The Hall–Kier alpha value is 0.350. The van der Waals surface area contributed by atoms with Gasteiger partial charge in [-0.1, -0.05) is 33.1 Å². The minimum absolute atomic E-state index is 0.565. The lowest BCUT2D eigenvalue weighted by molar-refractivity contribution is 0.354. The van der Waals surface area contributed by atoms with Gasteiger partial charge in [0.25, 0.3) is 0 Å².